The molecule has 3 heterocycles. The molecule has 0 aliphatic rings. The van der Waals surface area contributed by atoms with E-state index in [9.17, 15) is 0 Å². The molecule has 6 heteroatoms. The molecule has 4 aromatic rings. The molecule has 0 unspecified atom stereocenters. The van der Waals surface area contributed by atoms with Crippen LogP contribution in [-0.4, -0.2) is 24.9 Å². The standard InChI is InChI=1S/C17H13N5O/c1-12-3-5-13(6-4-12)17-20-16(21-23-17)14-7-8-15(18-11-14)22-10-2-9-19-22/h2-11H,1H3. The van der Waals surface area contributed by atoms with Gasteiger partial charge in [0.15, 0.2) is 5.82 Å². The lowest BCUT2D eigenvalue weighted by Crippen LogP contribution is -1.97. The molecule has 0 aliphatic heterocycles. The van der Waals surface area contributed by atoms with Gasteiger partial charge in [0.2, 0.25) is 5.82 Å². The minimum Gasteiger partial charge on any atom is -0.334 e. The third-order valence-electron chi connectivity index (χ3n) is 3.47. The fraction of sp³-hybridized carbons (Fsp3) is 0.0588. The number of aryl methyl sites for hydroxylation is 1. The summed E-state index contributed by atoms with van der Waals surface area (Å²) in [6.45, 7) is 2.04. The number of hydrogen-bond donors (Lipinski definition) is 0. The first-order valence-corrected chi connectivity index (χ1v) is 7.17. The molecule has 112 valence electrons. The van der Waals surface area contributed by atoms with Gasteiger partial charge in [-0.2, -0.15) is 10.1 Å². The number of nitrogens with zero attached hydrogens (tertiary/aromatic N) is 5. The number of hydrogen-bond acceptors (Lipinski definition) is 5. The maximum absolute atomic E-state index is 5.34. The third-order valence-corrected chi connectivity index (χ3v) is 3.47. The van der Waals surface area contributed by atoms with E-state index in [1.807, 2.05) is 55.6 Å². The van der Waals surface area contributed by atoms with Crippen molar-refractivity contribution in [2.24, 2.45) is 0 Å². The van der Waals surface area contributed by atoms with Gasteiger partial charge in [-0.25, -0.2) is 9.67 Å². The van der Waals surface area contributed by atoms with Crippen molar-refractivity contribution in [2.45, 2.75) is 6.92 Å². The lowest BCUT2D eigenvalue weighted by atomic mass is 10.1. The maximum atomic E-state index is 5.34. The van der Waals surface area contributed by atoms with Crippen molar-refractivity contribution in [2.75, 3.05) is 0 Å². The molecule has 1 aromatic carbocycles. The first-order valence-electron chi connectivity index (χ1n) is 7.17. The molecule has 6 nitrogen and oxygen atoms in total. The van der Waals surface area contributed by atoms with E-state index in [-0.39, 0.29) is 0 Å². The van der Waals surface area contributed by atoms with Crippen LogP contribution >= 0.6 is 0 Å². The number of aromatic nitrogens is 5. The van der Waals surface area contributed by atoms with Crippen molar-refractivity contribution < 1.29 is 4.52 Å². The van der Waals surface area contributed by atoms with E-state index in [0.29, 0.717) is 11.7 Å². The lowest BCUT2D eigenvalue weighted by Gasteiger charge is -2.00. The Morgan fingerprint density at radius 1 is 1.00 bits per heavy atom. The van der Waals surface area contributed by atoms with Gasteiger partial charge in [0.05, 0.1) is 0 Å². The maximum Gasteiger partial charge on any atom is 0.258 e. The summed E-state index contributed by atoms with van der Waals surface area (Å²) in [6.07, 6.45) is 5.26. The third kappa shape index (κ3) is 2.62. The van der Waals surface area contributed by atoms with Crippen molar-refractivity contribution in [3.05, 3.63) is 66.6 Å². The van der Waals surface area contributed by atoms with E-state index in [0.717, 1.165) is 16.9 Å². The van der Waals surface area contributed by atoms with Crippen LogP contribution in [0.5, 0.6) is 0 Å². The summed E-state index contributed by atoms with van der Waals surface area (Å²) in [6, 6.07) is 13.6. The van der Waals surface area contributed by atoms with Crippen LogP contribution in [0.15, 0.2) is 65.6 Å². The van der Waals surface area contributed by atoms with E-state index in [1.165, 1.54) is 5.56 Å². The van der Waals surface area contributed by atoms with Crippen LogP contribution in [0.1, 0.15) is 5.56 Å². The molecular weight excluding hydrogens is 290 g/mol. The van der Waals surface area contributed by atoms with Crippen molar-refractivity contribution >= 4 is 0 Å². The van der Waals surface area contributed by atoms with E-state index in [2.05, 4.69) is 20.2 Å². The first kappa shape index (κ1) is 13.4. The summed E-state index contributed by atoms with van der Waals surface area (Å²) in [5, 5.41) is 8.17. The smallest absolute Gasteiger partial charge is 0.258 e. The van der Waals surface area contributed by atoms with Gasteiger partial charge in [-0.3, -0.25) is 0 Å². The average molecular weight is 303 g/mol. The van der Waals surface area contributed by atoms with Crippen LogP contribution in [0.4, 0.5) is 0 Å². The summed E-state index contributed by atoms with van der Waals surface area (Å²) < 4.78 is 7.03. The van der Waals surface area contributed by atoms with Crippen LogP contribution in [-0.2, 0) is 0 Å². The Morgan fingerprint density at radius 3 is 2.52 bits per heavy atom. The predicted octanol–water partition coefficient (Wildman–Crippen LogP) is 3.29. The zero-order chi connectivity index (χ0) is 15.6. The molecule has 0 bridgehead atoms. The largest absolute Gasteiger partial charge is 0.334 e. The van der Waals surface area contributed by atoms with Crippen molar-refractivity contribution in [1.82, 2.24) is 24.9 Å². The normalized spacial score (nSPS) is 10.8. The Balaban J connectivity index is 1.62. The Labute approximate surface area is 132 Å². The van der Waals surface area contributed by atoms with E-state index >= 15 is 0 Å². The minimum absolute atomic E-state index is 0.496. The second-order valence-electron chi connectivity index (χ2n) is 5.14. The van der Waals surface area contributed by atoms with Crippen LogP contribution in [0.2, 0.25) is 0 Å². The van der Waals surface area contributed by atoms with E-state index in [1.54, 1.807) is 17.1 Å². The summed E-state index contributed by atoms with van der Waals surface area (Å²) >= 11 is 0. The molecule has 0 saturated carbocycles. The topological polar surface area (TPSA) is 69.6 Å². The predicted molar refractivity (Wildman–Crippen MR) is 84.8 cm³/mol. The monoisotopic (exact) mass is 303 g/mol. The quantitative estimate of drug-likeness (QED) is 0.581. The first-order chi connectivity index (χ1) is 11.3. The molecule has 0 atom stereocenters. The molecule has 0 fully saturated rings. The number of benzene rings is 1. The van der Waals surface area contributed by atoms with Crippen molar-refractivity contribution in [1.29, 1.82) is 0 Å². The highest BCUT2D eigenvalue weighted by molar-refractivity contribution is 5.59. The molecule has 0 saturated heterocycles. The summed E-state index contributed by atoms with van der Waals surface area (Å²) in [5.74, 6) is 1.75. The Morgan fingerprint density at radius 2 is 1.83 bits per heavy atom. The molecule has 0 radical (unpaired) electrons. The Bertz CT molecular complexity index is 909. The Hall–Kier alpha value is -3.28. The molecule has 0 spiro atoms. The van der Waals surface area contributed by atoms with Gasteiger partial charge < -0.3 is 4.52 Å². The van der Waals surface area contributed by atoms with E-state index < -0.39 is 0 Å². The molecular formula is C17H13N5O. The summed E-state index contributed by atoms with van der Waals surface area (Å²) in [7, 11) is 0. The number of rotatable bonds is 3. The van der Waals surface area contributed by atoms with Gasteiger partial charge in [0.25, 0.3) is 5.89 Å². The lowest BCUT2D eigenvalue weighted by molar-refractivity contribution is 0.432. The summed E-state index contributed by atoms with van der Waals surface area (Å²) in [4.78, 5) is 8.80. The zero-order valence-corrected chi connectivity index (χ0v) is 12.4. The molecule has 4 rings (SSSR count). The van der Waals surface area contributed by atoms with Gasteiger partial charge in [-0.05, 0) is 37.3 Å². The van der Waals surface area contributed by atoms with Crippen molar-refractivity contribution in [3.63, 3.8) is 0 Å². The zero-order valence-electron chi connectivity index (χ0n) is 12.4. The fourth-order valence-electron chi connectivity index (χ4n) is 2.21. The van der Waals surface area contributed by atoms with Crippen LogP contribution < -0.4 is 0 Å². The summed E-state index contributed by atoms with van der Waals surface area (Å²) in [5.41, 5.74) is 2.88. The average Bonchev–Trinajstić information content (AvgIpc) is 3.28. The van der Waals surface area contributed by atoms with Gasteiger partial charge in [-0.15, -0.1) is 0 Å². The Kier molecular flexibility index (Phi) is 3.20. The van der Waals surface area contributed by atoms with Crippen LogP contribution in [0, 0.1) is 6.92 Å². The molecule has 0 N–H and O–H groups in total. The molecule has 3 aromatic heterocycles. The fourth-order valence-corrected chi connectivity index (χ4v) is 2.21. The second-order valence-corrected chi connectivity index (χ2v) is 5.14. The van der Waals surface area contributed by atoms with Crippen LogP contribution in [0.3, 0.4) is 0 Å². The van der Waals surface area contributed by atoms with Gasteiger partial charge >= 0.3 is 0 Å². The SMILES string of the molecule is Cc1ccc(-c2nc(-c3ccc(-n4cccn4)nc3)no2)cc1. The number of pyridine rings is 1. The molecule has 0 amide bonds. The van der Waals surface area contributed by atoms with Crippen molar-refractivity contribution in [3.8, 4) is 28.7 Å². The van der Waals surface area contributed by atoms with Gasteiger partial charge in [0, 0.05) is 29.7 Å². The second kappa shape index (κ2) is 5.49. The highest BCUT2D eigenvalue weighted by Crippen LogP contribution is 2.22. The van der Waals surface area contributed by atoms with Crippen LogP contribution in [0.25, 0.3) is 28.7 Å². The van der Waals surface area contributed by atoms with Gasteiger partial charge in [0.1, 0.15) is 0 Å². The highest BCUT2D eigenvalue weighted by atomic mass is 16.5. The van der Waals surface area contributed by atoms with Gasteiger partial charge in [-0.1, -0.05) is 22.9 Å². The highest BCUT2D eigenvalue weighted by Gasteiger charge is 2.11. The van der Waals surface area contributed by atoms with E-state index in [4.69, 9.17) is 4.52 Å². The molecule has 23 heavy (non-hydrogen) atoms. The molecule has 0 aliphatic carbocycles. The minimum atomic E-state index is 0.496.